The number of rotatable bonds is 3. The van der Waals surface area contributed by atoms with Gasteiger partial charge in [-0.15, -0.1) is 0 Å². The largest absolute Gasteiger partial charge is 0.497 e. The summed E-state index contributed by atoms with van der Waals surface area (Å²) in [4.78, 5) is -1.15. The van der Waals surface area contributed by atoms with Crippen LogP contribution in [0.5, 0.6) is 5.75 Å². The van der Waals surface area contributed by atoms with Gasteiger partial charge in [0.1, 0.15) is 17.4 Å². The van der Waals surface area contributed by atoms with Crippen molar-refractivity contribution >= 4 is 15.9 Å². The molecule has 0 aliphatic heterocycles. The van der Waals surface area contributed by atoms with Crippen LogP contribution in [0.25, 0.3) is 0 Å². The van der Waals surface area contributed by atoms with Gasteiger partial charge in [-0.25, -0.2) is 17.6 Å². The molecule has 0 fully saturated rings. The minimum Gasteiger partial charge on any atom is -0.497 e. The van der Waals surface area contributed by atoms with E-state index in [2.05, 4.69) is 15.9 Å². The second-order valence-corrected chi connectivity index (χ2v) is 4.93. The van der Waals surface area contributed by atoms with Crippen molar-refractivity contribution in [3.8, 4) is 5.75 Å². The van der Waals surface area contributed by atoms with Crippen LogP contribution in [-0.4, -0.2) is 7.11 Å². The molecule has 0 heterocycles. The average molecular weight is 349 g/mol. The molecule has 0 saturated heterocycles. The molecule has 1 unspecified atom stereocenters. The fourth-order valence-electron chi connectivity index (χ4n) is 1.79. The maximum atomic E-state index is 13.9. The van der Waals surface area contributed by atoms with Gasteiger partial charge in [0.15, 0.2) is 11.6 Å². The first kappa shape index (κ1) is 14.8. The van der Waals surface area contributed by atoms with Crippen LogP contribution >= 0.6 is 15.9 Å². The Hall–Kier alpha value is -1.56. The van der Waals surface area contributed by atoms with E-state index in [0.717, 1.165) is 18.2 Å². The molecule has 0 aliphatic rings. The van der Waals surface area contributed by atoms with Gasteiger partial charge in [-0.05, 0) is 6.07 Å². The van der Waals surface area contributed by atoms with Gasteiger partial charge in [-0.3, -0.25) is 0 Å². The molecule has 0 aliphatic carbocycles. The van der Waals surface area contributed by atoms with Crippen molar-refractivity contribution in [2.24, 2.45) is 0 Å². The highest BCUT2D eigenvalue weighted by Gasteiger charge is 2.24. The molecule has 106 valence electrons. The standard InChI is InChI=1S/C14H9BrF4O/c1-20-7-5-10(17)12(11(18)6-7)13(15)8-3-2-4-9(16)14(8)19/h2-6,13H,1H3. The van der Waals surface area contributed by atoms with Gasteiger partial charge < -0.3 is 4.74 Å². The summed E-state index contributed by atoms with van der Waals surface area (Å²) >= 11 is 3.00. The van der Waals surface area contributed by atoms with Crippen molar-refractivity contribution < 1.29 is 22.3 Å². The van der Waals surface area contributed by atoms with E-state index in [1.54, 1.807) is 0 Å². The summed E-state index contributed by atoms with van der Waals surface area (Å²) in [5.41, 5.74) is -0.594. The minimum absolute atomic E-state index is 0.00293. The fraction of sp³-hybridized carbons (Fsp3) is 0.143. The number of methoxy groups -OCH3 is 1. The van der Waals surface area contributed by atoms with Crippen molar-refractivity contribution in [1.29, 1.82) is 0 Å². The zero-order valence-corrected chi connectivity index (χ0v) is 11.8. The van der Waals surface area contributed by atoms with Crippen LogP contribution in [0, 0.1) is 23.3 Å². The van der Waals surface area contributed by atoms with E-state index in [9.17, 15) is 17.6 Å². The lowest BCUT2D eigenvalue weighted by Gasteiger charge is -2.14. The van der Waals surface area contributed by atoms with E-state index in [1.165, 1.54) is 19.2 Å². The van der Waals surface area contributed by atoms with Crippen LogP contribution in [0.2, 0.25) is 0 Å². The van der Waals surface area contributed by atoms with Crippen LogP contribution in [0.3, 0.4) is 0 Å². The van der Waals surface area contributed by atoms with Gasteiger partial charge in [-0.1, -0.05) is 28.1 Å². The van der Waals surface area contributed by atoms with E-state index in [4.69, 9.17) is 4.74 Å². The highest BCUT2D eigenvalue weighted by atomic mass is 79.9. The molecule has 2 aromatic carbocycles. The summed E-state index contributed by atoms with van der Waals surface area (Å²) < 4.78 is 59.4. The zero-order chi connectivity index (χ0) is 14.9. The summed E-state index contributed by atoms with van der Waals surface area (Å²) in [5.74, 6) is -4.05. The van der Waals surface area contributed by atoms with Crippen LogP contribution in [0.4, 0.5) is 17.6 Å². The molecule has 0 bridgehead atoms. The molecule has 0 radical (unpaired) electrons. The molecule has 20 heavy (non-hydrogen) atoms. The Balaban J connectivity index is 2.54. The predicted molar refractivity (Wildman–Crippen MR) is 70.0 cm³/mol. The second-order valence-electron chi connectivity index (χ2n) is 4.01. The molecular weight excluding hydrogens is 340 g/mol. The van der Waals surface area contributed by atoms with Crippen LogP contribution in [0.1, 0.15) is 16.0 Å². The number of halogens is 5. The molecule has 2 rings (SSSR count). The van der Waals surface area contributed by atoms with Crippen LogP contribution < -0.4 is 4.74 Å². The van der Waals surface area contributed by atoms with Gasteiger partial charge in [0.25, 0.3) is 0 Å². The Morgan fingerprint density at radius 1 is 1.00 bits per heavy atom. The number of hydrogen-bond donors (Lipinski definition) is 0. The molecular formula is C14H9BrF4O. The minimum atomic E-state index is -1.15. The molecule has 1 atom stereocenters. The smallest absolute Gasteiger partial charge is 0.163 e. The predicted octanol–water partition coefficient (Wildman–Crippen LogP) is 4.74. The third-order valence-electron chi connectivity index (χ3n) is 2.80. The van der Waals surface area contributed by atoms with Gasteiger partial charge in [-0.2, -0.15) is 0 Å². The van der Waals surface area contributed by atoms with Gasteiger partial charge in [0.2, 0.25) is 0 Å². The summed E-state index contributed by atoms with van der Waals surface area (Å²) in [7, 11) is 1.27. The molecule has 2 aromatic rings. The lowest BCUT2D eigenvalue weighted by molar-refractivity contribution is 0.405. The summed E-state index contributed by atoms with van der Waals surface area (Å²) in [5, 5.41) is 0. The van der Waals surface area contributed by atoms with E-state index in [1.807, 2.05) is 0 Å². The maximum Gasteiger partial charge on any atom is 0.163 e. The maximum absolute atomic E-state index is 13.9. The lowest BCUT2D eigenvalue weighted by Crippen LogP contribution is -2.04. The molecule has 0 saturated carbocycles. The molecule has 0 N–H and O–H groups in total. The van der Waals surface area contributed by atoms with E-state index < -0.39 is 33.7 Å². The Labute approximate surface area is 121 Å². The first-order valence-electron chi connectivity index (χ1n) is 5.56. The molecule has 6 heteroatoms. The lowest BCUT2D eigenvalue weighted by atomic mass is 10.0. The van der Waals surface area contributed by atoms with Crippen molar-refractivity contribution in [2.75, 3.05) is 7.11 Å². The van der Waals surface area contributed by atoms with Crippen LogP contribution in [-0.2, 0) is 0 Å². The third-order valence-corrected chi connectivity index (χ3v) is 3.75. The summed E-state index contributed by atoms with van der Waals surface area (Å²) in [6.07, 6.45) is 0. The van der Waals surface area contributed by atoms with Gasteiger partial charge >= 0.3 is 0 Å². The monoisotopic (exact) mass is 348 g/mol. The van der Waals surface area contributed by atoms with Crippen molar-refractivity contribution in [3.63, 3.8) is 0 Å². The SMILES string of the molecule is COc1cc(F)c(C(Br)c2cccc(F)c2F)c(F)c1. The number of alkyl halides is 1. The Morgan fingerprint density at radius 3 is 2.15 bits per heavy atom. The van der Waals surface area contributed by atoms with Crippen molar-refractivity contribution in [3.05, 3.63) is 64.7 Å². The van der Waals surface area contributed by atoms with Gasteiger partial charge in [0.05, 0.1) is 11.9 Å². The first-order valence-corrected chi connectivity index (χ1v) is 6.48. The fourth-order valence-corrected chi connectivity index (χ4v) is 2.58. The van der Waals surface area contributed by atoms with E-state index in [-0.39, 0.29) is 11.3 Å². The van der Waals surface area contributed by atoms with E-state index in [0.29, 0.717) is 0 Å². The normalized spacial score (nSPS) is 12.3. The Kier molecular flexibility index (Phi) is 4.32. The quantitative estimate of drug-likeness (QED) is 0.575. The number of hydrogen-bond acceptors (Lipinski definition) is 1. The third kappa shape index (κ3) is 2.65. The first-order chi connectivity index (χ1) is 9.45. The van der Waals surface area contributed by atoms with Crippen molar-refractivity contribution in [2.45, 2.75) is 4.83 Å². The highest BCUT2D eigenvalue weighted by Crippen LogP contribution is 2.37. The Morgan fingerprint density at radius 2 is 1.60 bits per heavy atom. The van der Waals surface area contributed by atoms with Crippen molar-refractivity contribution in [1.82, 2.24) is 0 Å². The summed E-state index contributed by atoms with van der Waals surface area (Å²) in [6.45, 7) is 0. The average Bonchev–Trinajstić information content (AvgIpc) is 2.40. The molecule has 0 spiro atoms. The summed E-state index contributed by atoms with van der Waals surface area (Å²) in [6, 6.07) is 5.40. The van der Waals surface area contributed by atoms with Gasteiger partial charge in [0, 0.05) is 23.3 Å². The zero-order valence-electron chi connectivity index (χ0n) is 10.3. The molecule has 0 amide bonds. The Bertz CT molecular complexity index is 622. The number of ether oxygens (including phenoxy) is 1. The molecule has 1 nitrogen and oxygen atoms in total. The topological polar surface area (TPSA) is 9.23 Å². The second kappa shape index (κ2) is 5.83. The number of benzene rings is 2. The van der Waals surface area contributed by atoms with Crippen LogP contribution in [0.15, 0.2) is 30.3 Å². The molecule has 0 aromatic heterocycles. The highest BCUT2D eigenvalue weighted by molar-refractivity contribution is 9.09. The van der Waals surface area contributed by atoms with E-state index >= 15 is 0 Å².